The number of H-pyrrole nitrogens is 1. The van der Waals surface area contributed by atoms with Crippen molar-refractivity contribution in [3.8, 4) is 11.1 Å². The summed E-state index contributed by atoms with van der Waals surface area (Å²) < 4.78 is 0. The molecule has 1 aliphatic rings. The van der Waals surface area contributed by atoms with Gasteiger partial charge in [0.05, 0.1) is 6.20 Å². The number of aromatic amines is 1. The van der Waals surface area contributed by atoms with Gasteiger partial charge in [-0.3, -0.25) is 9.89 Å². The maximum Gasteiger partial charge on any atom is 0.254 e. The fourth-order valence-corrected chi connectivity index (χ4v) is 3.85. The molecule has 0 bridgehead atoms. The number of likely N-dealkylation sites (tertiary alicyclic amines) is 1. The molecule has 2 N–H and O–H groups in total. The van der Waals surface area contributed by atoms with Crippen molar-refractivity contribution in [2.75, 3.05) is 25.5 Å². The third kappa shape index (κ3) is 3.63. The van der Waals surface area contributed by atoms with E-state index in [2.05, 4.69) is 51.7 Å². The van der Waals surface area contributed by atoms with Crippen molar-refractivity contribution in [2.45, 2.75) is 25.7 Å². The highest BCUT2D eigenvalue weighted by Gasteiger charge is 2.28. The Morgan fingerprint density at radius 1 is 1.25 bits per heavy atom. The number of aryl methyl sites for hydroxylation is 1. The van der Waals surface area contributed by atoms with E-state index < -0.39 is 0 Å². The Morgan fingerprint density at radius 2 is 2.07 bits per heavy atom. The van der Waals surface area contributed by atoms with E-state index >= 15 is 0 Å². The van der Waals surface area contributed by atoms with Gasteiger partial charge in [0.2, 0.25) is 0 Å². The Labute approximate surface area is 165 Å². The van der Waals surface area contributed by atoms with Crippen LogP contribution in [-0.2, 0) is 0 Å². The van der Waals surface area contributed by atoms with E-state index in [1.807, 2.05) is 11.1 Å². The van der Waals surface area contributed by atoms with Crippen LogP contribution in [0.1, 0.15) is 40.4 Å². The Morgan fingerprint density at radius 3 is 2.86 bits per heavy atom. The molecule has 3 heterocycles. The number of nitrogens with zero attached hydrogens (tertiary/aromatic N) is 3. The molecule has 0 unspecified atom stereocenters. The van der Waals surface area contributed by atoms with E-state index in [1.54, 1.807) is 25.4 Å². The van der Waals surface area contributed by atoms with Crippen LogP contribution in [0, 0.1) is 6.92 Å². The summed E-state index contributed by atoms with van der Waals surface area (Å²) in [5, 5.41) is 10.5. The standard InChI is InChI=1S/C22H25N5O/c1-15-5-7-16(8-6-15)19-13-25-26-21(19)18-4-3-11-27(14-18)22(28)17-9-10-24-20(12-17)23-2/h5-10,12-13,18H,3-4,11,14H2,1-2H3,(H,23,24)(H,25,26)/t18-/m0/s1. The van der Waals surface area contributed by atoms with Crippen molar-refractivity contribution in [1.82, 2.24) is 20.1 Å². The lowest BCUT2D eigenvalue weighted by molar-refractivity contribution is 0.0706. The molecule has 4 rings (SSSR count). The van der Waals surface area contributed by atoms with Crippen LogP contribution in [0.15, 0.2) is 48.8 Å². The number of hydrogen-bond acceptors (Lipinski definition) is 4. The molecular weight excluding hydrogens is 350 g/mol. The molecule has 0 radical (unpaired) electrons. The van der Waals surface area contributed by atoms with Crippen LogP contribution in [0.5, 0.6) is 0 Å². The minimum atomic E-state index is 0.0556. The fourth-order valence-electron chi connectivity index (χ4n) is 3.85. The smallest absolute Gasteiger partial charge is 0.254 e. The molecule has 2 aromatic heterocycles. The van der Waals surface area contributed by atoms with Crippen molar-refractivity contribution in [2.24, 2.45) is 0 Å². The van der Waals surface area contributed by atoms with Crippen molar-refractivity contribution in [3.63, 3.8) is 0 Å². The molecule has 1 aromatic carbocycles. The molecule has 1 amide bonds. The number of rotatable bonds is 4. The first-order valence-corrected chi connectivity index (χ1v) is 9.69. The average molecular weight is 375 g/mol. The lowest BCUT2D eigenvalue weighted by atomic mass is 9.90. The van der Waals surface area contributed by atoms with Crippen molar-refractivity contribution in [1.29, 1.82) is 0 Å². The first-order valence-electron chi connectivity index (χ1n) is 9.69. The monoisotopic (exact) mass is 375 g/mol. The van der Waals surface area contributed by atoms with Gasteiger partial charge in [0.15, 0.2) is 0 Å². The van der Waals surface area contributed by atoms with E-state index in [-0.39, 0.29) is 11.8 Å². The number of carbonyl (C=O) groups excluding carboxylic acids is 1. The first-order chi connectivity index (χ1) is 13.7. The first kappa shape index (κ1) is 18.2. The number of anilines is 1. The van der Waals surface area contributed by atoms with E-state index in [1.165, 1.54) is 5.56 Å². The van der Waals surface area contributed by atoms with Crippen molar-refractivity contribution < 1.29 is 4.79 Å². The van der Waals surface area contributed by atoms with Gasteiger partial charge in [0, 0.05) is 49.1 Å². The third-order valence-corrected chi connectivity index (χ3v) is 5.41. The third-order valence-electron chi connectivity index (χ3n) is 5.41. The second-order valence-electron chi connectivity index (χ2n) is 7.33. The molecular formula is C22H25N5O. The molecule has 0 saturated carbocycles. The minimum absolute atomic E-state index is 0.0556. The van der Waals surface area contributed by atoms with Gasteiger partial charge < -0.3 is 10.2 Å². The SMILES string of the molecule is CNc1cc(C(=O)N2CCC[C@H](c3[nH]ncc3-c3ccc(C)cc3)C2)ccn1. The molecule has 6 nitrogen and oxygen atoms in total. The van der Waals surface area contributed by atoms with Crippen LogP contribution in [0.25, 0.3) is 11.1 Å². The van der Waals surface area contributed by atoms with Crippen LogP contribution in [-0.4, -0.2) is 46.1 Å². The summed E-state index contributed by atoms with van der Waals surface area (Å²) in [4.78, 5) is 19.2. The molecule has 144 valence electrons. The summed E-state index contributed by atoms with van der Waals surface area (Å²) in [6.45, 7) is 3.56. The van der Waals surface area contributed by atoms with E-state index in [4.69, 9.17) is 0 Å². The van der Waals surface area contributed by atoms with E-state index in [0.717, 1.165) is 36.2 Å². The Bertz CT molecular complexity index is 963. The van der Waals surface area contributed by atoms with E-state index in [9.17, 15) is 4.79 Å². The Kier molecular flexibility index (Phi) is 5.10. The van der Waals surface area contributed by atoms with Gasteiger partial charge >= 0.3 is 0 Å². The number of pyridine rings is 1. The van der Waals surface area contributed by atoms with Crippen molar-refractivity contribution in [3.05, 3.63) is 65.6 Å². The number of nitrogens with one attached hydrogen (secondary N) is 2. The van der Waals surface area contributed by atoms with E-state index in [0.29, 0.717) is 17.9 Å². The lowest BCUT2D eigenvalue weighted by Crippen LogP contribution is -2.39. The predicted octanol–water partition coefficient (Wildman–Crippen LogP) is 3.84. The number of carbonyl (C=O) groups is 1. The summed E-state index contributed by atoms with van der Waals surface area (Å²) in [7, 11) is 1.80. The zero-order valence-corrected chi connectivity index (χ0v) is 16.3. The number of benzene rings is 1. The van der Waals surface area contributed by atoms with Crippen LogP contribution in [0.3, 0.4) is 0 Å². The summed E-state index contributed by atoms with van der Waals surface area (Å²) in [5.74, 6) is 1.01. The second-order valence-corrected chi connectivity index (χ2v) is 7.33. The number of hydrogen-bond donors (Lipinski definition) is 2. The number of aromatic nitrogens is 3. The van der Waals surface area contributed by atoms with Gasteiger partial charge in [0.1, 0.15) is 5.82 Å². The minimum Gasteiger partial charge on any atom is -0.373 e. The van der Waals surface area contributed by atoms with Gasteiger partial charge in [-0.1, -0.05) is 29.8 Å². The summed E-state index contributed by atoms with van der Waals surface area (Å²) in [5.41, 5.74) is 5.31. The molecule has 1 aliphatic heterocycles. The molecule has 1 fully saturated rings. The van der Waals surface area contributed by atoms with Crippen LogP contribution >= 0.6 is 0 Å². The van der Waals surface area contributed by atoms with Gasteiger partial charge in [0.25, 0.3) is 5.91 Å². The van der Waals surface area contributed by atoms with Gasteiger partial charge in [-0.25, -0.2) is 4.98 Å². The van der Waals surface area contributed by atoms with Gasteiger partial charge in [-0.15, -0.1) is 0 Å². The maximum atomic E-state index is 13.0. The molecule has 3 aromatic rings. The Balaban J connectivity index is 1.55. The zero-order valence-electron chi connectivity index (χ0n) is 16.3. The molecule has 1 atom stereocenters. The van der Waals surface area contributed by atoms with Crippen LogP contribution in [0.2, 0.25) is 0 Å². The maximum absolute atomic E-state index is 13.0. The highest BCUT2D eigenvalue weighted by molar-refractivity contribution is 5.95. The Hall–Kier alpha value is -3.15. The lowest BCUT2D eigenvalue weighted by Gasteiger charge is -2.33. The summed E-state index contributed by atoms with van der Waals surface area (Å²) in [6, 6.07) is 12.1. The summed E-state index contributed by atoms with van der Waals surface area (Å²) in [6.07, 6.45) is 5.59. The number of amides is 1. The average Bonchev–Trinajstić information content (AvgIpc) is 3.24. The summed E-state index contributed by atoms with van der Waals surface area (Å²) >= 11 is 0. The van der Waals surface area contributed by atoms with Crippen molar-refractivity contribution >= 4 is 11.7 Å². The normalized spacial score (nSPS) is 16.8. The molecule has 0 spiro atoms. The zero-order chi connectivity index (χ0) is 19.5. The van der Waals surface area contributed by atoms with Crippen LogP contribution in [0.4, 0.5) is 5.82 Å². The molecule has 28 heavy (non-hydrogen) atoms. The van der Waals surface area contributed by atoms with Gasteiger partial charge in [-0.2, -0.15) is 5.10 Å². The second kappa shape index (κ2) is 7.84. The fraction of sp³-hybridized carbons (Fsp3) is 0.318. The van der Waals surface area contributed by atoms with Gasteiger partial charge in [-0.05, 0) is 37.5 Å². The topological polar surface area (TPSA) is 73.9 Å². The molecule has 1 saturated heterocycles. The highest BCUT2D eigenvalue weighted by atomic mass is 16.2. The van der Waals surface area contributed by atoms with Crippen LogP contribution < -0.4 is 5.32 Å². The predicted molar refractivity (Wildman–Crippen MR) is 110 cm³/mol. The quantitative estimate of drug-likeness (QED) is 0.727. The molecule has 0 aliphatic carbocycles. The molecule has 6 heteroatoms. The number of piperidine rings is 1. The largest absolute Gasteiger partial charge is 0.373 e. The highest BCUT2D eigenvalue weighted by Crippen LogP contribution is 2.33.